The van der Waals surface area contributed by atoms with Gasteiger partial charge in [-0.25, -0.2) is 0 Å². The number of hydrogen-bond acceptors (Lipinski definition) is 3. The molecule has 4 nitrogen and oxygen atoms in total. The molecule has 20 heavy (non-hydrogen) atoms. The lowest BCUT2D eigenvalue weighted by Crippen LogP contribution is -2.44. The van der Waals surface area contributed by atoms with Crippen LogP contribution in [-0.4, -0.2) is 36.5 Å². The summed E-state index contributed by atoms with van der Waals surface area (Å²) in [6.45, 7) is 3.94. The molecule has 0 aliphatic carbocycles. The van der Waals surface area contributed by atoms with Gasteiger partial charge in [0.05, 0.1) is 6.61 Å². The van der Waals surface area contributed by atoms with E-state index < -0.39 is 0 Å². The summed E-state index contributed by atoms with van der Waals surface area (Å²) in [6.07, 6.45) is 4.43. The minimum Gasteiger partial charge on any atom is -0.494 e. The molecule has 110 valence electrons. The first kappa shape index (κ1) is 14.9. The Hall–Kier alpha value is -1.55. The van der Waals surface area contributed by atoms with Crippen molar-refractivity contribution in [1.29, 1.82) is 0 Å². The predicted octanol–water partition coefficient (Wildman–Crippen LogP) is 2.43. The maximum Gasteiger partial charge on any atom is 0.254 e. The monoisotopic (exact) mass is 276 g/mol. The van der Waals surface area contributed by atoms with Crippen LogP contribution < -0.4 is 10.5 Å². The minimum absolute atomic E-state index is 0.0883. The molecule has 1 heterocycles. The van der Waals surface area contributed by atoms with E-state index in [1.807, 2.05) is 36.1 Å². The molecule has 1 atom stereocenters. The summed E-state index contributed by atoms with van der Waals surface area (Å²) in [5, 5.41) is 0. The van der Waals surface area contributed by atoms with E-state index in [4.69, 9.17) is 10.5 Å². The van der Waals surface area contributed by atoms with Crippen molar-refractivity contribution in [3.8, 4) is 5.75 Å². The number of rotatable bonds is 4. The van der Waals surface area contributed by atoms with E-state index in [1.54, 1.807) is 0 Å². The maximum absolute atomic E-state index is 12.6. The fourth-order valence-electron chi connectivity index (χ4n) is 2.72. The van der Waals surface area contributed by atoms with Crippen LogP contribution in [0, 0.1) is 0 Å². The van der Waals surface area contributed by atoms with Gasteiger partial charge in [0, 0.05) is 24.7 Å². The Labute approximate surface area is 120 Å². The maximum atomic E-state index is 12.6. The number of amides is 1. The molecule has 0 radical (unpaired) electrons. The Morgan fingerprint density at radius 3 is 2.70 bits per heavy atom. The summed E-state index contributed by atoms with van der Waals surface area (Å²) in [5.74, 6) is 0.890. The molecule has 1 aromatic rings. The van der Waals surface area contributed by atoms with Crippen molar-refractivity contribution in [2.75, 3.05) is 19.7 Å². The summed E-state index contributed by atoms with van der Waals surface area (Å²) in [4.78, 5) is 14.6. The molecule has 0 aromatic heterocycles. The molecule has 1 unspecified atom stereocenters. The summed E-state index contributed by atoms with van der Waals surface area (Å²) in [6, 6.07) is 7.56. The van der Waals surface area contributed by atoms with Crippen LogP contribution in [0.15, 0.2) is 24.3 Å². The average molecular weight is 276 g/mol. The van der Waals surface area contributed by atoms with Gasteiger partial charge in [0.2, 0.25) is 0 Å². The van der Waals surface area contributed by atoms with E-state index in [2.05, 4.69) is 0 Å². The van der Waals surface area contributed by atoms with E-state index >= 15 is 0 Å². The number of ether oxygens (including phenoxy) is 1. The number of likely N-dealkylation sites (tertiary alicyclic amines) is 1. The van der Waals surface area contributed by atoms with Crippen molar-refractivity contribution < 1.29 is 9.53 Å². The Morgan fingerprint density at radius 2 is 2.05 bits per heavy atom. The zero-order valence-electron chi connectivity index (χ0n) is 12.2. The average Bonchev–Trinajstić information content (AvgIpc) is 2.72. The zero-order chi connectivity index (χ0) is 14.4. The van der Waals surface area contributed by atoms with Crippen LogP contribution >= 0.6 is 0 Å². The van der Waals surface area contributed by atoms with E-state index in [1.165, 1.54) is 6.42 Å². The Morgan fingerprint density at radius 1 is 1.30 bits per heavy atom. The van der Waals surface area contributed by atoms with Gasteiger partial charge in [-0.3, -0.25) is 4.79 Å². The summed E-state index contributed by atoms with van der Waals surface area (Å²) in [7, 11) is 0. The lowest BCUT2D eigenvalue weighted by atomic mass is 10.1. The summed E-state index contributed by atoms with van der Waals surface area (Å²) < 4.78 is 5.40. The quantitative estimate of drug-likeness (QED) is 0.919. The van der Waals surface area contributed by atoms with Gasteiger partial charge in [0.1, 0.15) is 5.75 Å². The van der Waals surface area contributed by atoms with Gasteiger partial charge in [-0.15, -0.1) is 0 Å². The summed E-state index contributed by atoms with van der Waals surface area (Å²) in [5.41, 5.74) is 6.55. The number of nitrogens with two attached hydrogens (primary N) is 1. The van der Waals surface area contributed by atoms with Crippen molar-refractivity contribution in [3.63, 3.8) is 0 Å². The highest BCUT2D eigenvalue weighted by Gasteiger charge is 2.25. The molecule has 1 fully saturated rings. The van der Waals surface area contributed by atoms with Gasteiger partial charge in [-0.05, 0) is 44.0 Å². The topological polar surface area (TPSA) is 55.6 Å². The van der Waals surface area contributed by atoms with Crippen molar-refractivity contribution >= 4 is 5.91 Å². The van der Waals surface area contributed by atoms with E-state index in [0.29, 0.717) is 18.7 Å². The van der Waals surface area contributed by atoms with E-state index in [9.17, 15) is 4.79 Å². The highest BCUT2D eigenvalue weighted by molar-refractivity contribution is 5.94. The molecule has 1 aromatic carbocycles. The first-order valence-corrected chi connectivity index (χ1v) is 7.50. The van der Waals surface area contributed by atoms with Gasteiger partial charge in [0.15, 0.2) is 0 Å². The van der Waals surface area contributed by atoms with Gasteiger partial charge in [-0.2, -0.15) is 0 Å². The van der Waals surface area contributed by atoms with Gasteiger partial charge in [0.25, 0.3) is 5.91 Å². The molecule has 0 spiro atoms. The minimum atomic E-state index is 0.0883. The molecule has 4 heteroatoms. The van der Waals surface area contributed by atoms with Crippen LogP contribution in [0.25, 0.3) is 0 Å². The van der Waals surface area contributed by atoms with Gasteiger partial charge < -0.3 is 15.4 Å². The molecule has 2 N–H and O–H groups in total. The highest BCUT2D eigenvalue weighted by atomic mass is 16.5. The summed E-state index contributed by atoms with van der Waals surface area (Å²) >= 11 is 0. The predicted molar refractivity (Wildman–Crippen MR) is 80.0 cm³/mol. The van der Waals surface area contributed by atoms with Crippen LogP contribution in [-0.2, 0) is 0 Å². The van der Waals surface area contributed by atoms with Crippen molar-refractivity contribution in [2.24, 2.45) is 5.73 Å². The molecule has 1 aliphatic heterocycles. The standard InChI is InChI=1S/C16H24N2O2/c1-2-20-15-9-7-13(8-10-15)16(19)18-11-5-3-4-6-14(18)12-17/h7-10,14H,2-6,11-12,17H2,1H3. The number of nitrogens with zero attached hydrogens (tertiary/aromatic N) is 1. The Kier molecular flexibility index (Phi) is 5.41. The zero-order valence-corrected chi connectivity index (χ0v) is 12.2. The number of carbonyl (C=O) groups excluding carboxylic acids is 1. The SMILES string of the molecule is CCOc1ccc(C(=O)N2CCCCCC2CN)cc1. The molecular formula is C16H24N2O2. The largest absolute Gasteiger partial charge is 0.494 e. The number of benzene rings is 1. The fourth-order valence-corrected chi connectivity index (χ4v) is 2.72. The molecular weight excluding hydrogens is 252 g/mol. The normalized spacial score (nSPS) is 19.5. The van der Waals surface area contributed by atoms with E-state index in [-0.39, 0.29) is 11.9 Å². The second-order valence-corrected chi connectivity index (χ2v) is 5.19. The van der Waals surface area contributed by atoms with Crippen molar-refractivity contribution in [2.45, 2.75) is 38.6 Å². The van der Waals surface area contributed by atoms with Gasteiger partial charge >= 0.3 is 0 Å². The van der Waals surface area contributed by atoms with E-state index in [0.717, 1.165) is 31.6 Å². The lowest BCUT2D eigenvalue weighted by molar-refractivity contribution is 0.0689. The second kappa shape index (κ2) is 7.29. The molecule has 1 aliphatic rings. The smallest absolute Gasteiger partial charge is 0.254 e. The number of hydrogen-bond donors (Lipinski definition) is 1. The first-order chi connectivity index (χ1) is 9.76. The third-order valence-corrected chi connectivity index (χ3v) is 3.82. The van der Waals surface area contributed by atoms with Crippen molar-refractivity contribution in [3.05, 3.63) is 29.8 Å². The van der Waals surface area contributed by atoms with Crippen molar-refractivity contribution in [1.82, 2.24) is 4.90 Å². The lowest BCUT2D eigenvalue weighted by Gasteiger charge is -2.29. The molecule has 0 saturated carbocycles. The van der Waals surface area contributed by atoms with Crippen LogP contribution in [0.5, 0.6) is 5.75 Å². The van der Waals surface area contributed by atoms with Crippen LogP contribution in [0.1, 0.15) is 43.0 Å². The third kappa shape index (κ3) is 3.51. The molecule has 1 amide bonds. The molecule has 2 rings (SSSR count). The van der Waals surface area contributed by atoms with Crippen LogP contribution in [0.3, 0.4) is 0 Å². The second-order valence-electron chi connectivity index (χ2n) is 5.19. The third-order valence-electron chi connectivity index (χ3n) is 3.82. The van der Waals surface area contributed by atoms with Crippen LogP contribution in [0.2, 0.25) is 0 Å². The molecule has 0 bridgehead atoms. The Balaban J connectivity index is 2.11. The first-order valence-electron chi connectivity index (χ1n) is 7.50. The van der Waals surface area contributed by atoms with Gasteiger partial charge in [-0.1, -0.05) is 12.8 Å². The number of carbonyl (C=O) groups is 1. The fraction of sp³-hybridized carbons (Fsp3) is 0.562. The van der Waals surface area contributed by atoms with Crippen LogP contribution in [0.4, 0.5) is 0 Å². The molecule has 1 saturated heterocycles. The highest BCUT2D eigenvalue weighted by Crippen LogP contribution is 2.20. The Bertz CT molecular complexity index is 431.